The van der Waals surface area contributed by atoms with Crippen molar-refractivity contribution in [3.63, 3.8) is 0 Å². The van der Waals surface area contributed by atoms with Gasteiger partial charge in [0.1, 0.15) is 5.75 Å². The van der Waals surface area contributed by atoms with E-state index in [1.54, 1.807) is 23.1 Å². The van der Waals surface area contributed by atoms with Crippen molar-refractivity contribution in [3.05, 3.63) is 29.8 Å². The number of hydrogen-bond acceptors (Lipinski definition) is 4. The molecule has 1 aliphatic carbocycles. The topological polar surface area (TPSA) is 72.9 Å². The third-order valence-corrected chi connectivity index (χ3v) is 6.13. The molecule has 1 aromatic rings. The van der Waals surface area contributed by atoms with E-state index in [0.717, 1.165) is 6.42 Å². The van der Waals surface area contributed by atoms with Gasteiger partial charge in [-0.2, -0.15) is 0 Å². The van der Waals surface area contributed by atoms with Crippen LogP contribution in [0.3, 0.4) is 0 Å². The lowest BCUT2D eigenvalue weighted by atomic mass is 9.85. The predicted molar refractivity (Wildman–Crippen MR) is 105 cm³/mol. The number of benzene rings is 1. The fraction of sp³-hybridized carbons (Fsp3) is 0.600. The zero-order valence-electron chi connectivity index (χ0n) is 15.5. The molecule has 148 valence electrons. The van der Waals surface area contributed by atoms with E-state index in [4.69, 9.17) is 0 Å². The summed E-state index contributed by atoms with van der Waals surface area (Å²) in [4.78, 5) is 29.1. The van der Waals surface area contributed by atoms with E-state index in [2.05, 4.69) is 5.32 Å². The van der Waals surface area contributed by atoms with Crippen LogP contribution in [0.1, 0.15) is 42.5 Å². The molecule has 7 heteroatoms. The molecule has 2 N–H and O–H groups in total. The second-order valence-electron chi connectivity index (χ2n) is 7.77. The van der Waals surface area contributed by atoms with E-state index >= 15 is 0 Å². The molecule has 2 aliphatic heterocycles. The van der Waals surface area contributed by atoms with Crippen LogP contribution in [-0.2, 0) is 4.79 Å². The lowest BCUT2D eigenvalue weighted by Gasteiger charge is -2.36. The van der Waals surface area contributed by atoms with Gasteiger partial charge in [0.25, 0.3) is 5.91 Å². The molecule has 1 aromatic carbocycles. The highest BCUT2D eigenvalue weighted by atomic mass is 35.5. The van der Waals surface area contributed by atoms with Gasteiger partial charge >= 0.3 is 0 Å². The minimum atomic E-state index is -0.0852. The van der Waals surface area contributed by atoms with E-state index in [1.165, 1.54) is 31.7 Å². The molecule has 0 radical (unpaired) electrons. The van der Waals surface area contributed by atoms with Crippen molar-refractivity contribution in [2.45, 2.75) is 44.2 Å². The summed E-state index contributed by atoms with van der Waals surface area (Å²) in [6.45, 7) is 2.24. The zero-order chi connectivity index (χ0) is 18.1. The average molecular weight is 394 g/mol. The minimum Gasteiger partial charge on any atom is -0.508 e. The second-order valence-corrected chi connectivity index (χ2v) is 7.77. The van der Waals surface area contributed by atoms with Crippen LogP contribution in [0.2, 0.25) is 0 Å². The number of carbonyl (C=O) groups excluding carboxylic acids is 2. The monoisotopic (exact) mass is 393 g/mol. The molecular formula is C20H28ClN3O3. The van der Waals surface area contributed by atoms with Crippen LogP contribution in [0.25, 0.3) is 0 Å². The number of phenols is 1. The summed E-state index contributed by atoms with van der Waals surface area (Å²) >= 11 is 0. The molecule has 2 saturated heterocycles. The smallest absolute Gasteiger partial charge is 0.254 e. The third-order valence-electron chi connectivity index (χ3n) is 6.13. The van der Waals surface area contributed by atoms with Crippen LogP contribution in [0.5, 0.6) is 5.75 Å². The van der Waals surface area contributed by atoms with Crippen LogP contribution >= 0.6 is 12.4 Å². The van der Waals surface area contributed by atoms with Crippen LogP contribution < -0.4 is 5.32 Å². The van der Waals surface area contributed by atoms with Crippen LogP contribution in [0.4, 0.5) is 0 Å². The van der Waals surface area contributed by atoms with Gasteiger partial charge in [0, 0.05) is 37.8 Å². The largest absolute Gasteiger partial charge is 0.508 e. The number of aromatic hydroxyl groups is 1. The lowest BCUT2D eigenvalue weighted by molar-refractivity contribution is -0.134. The molecule has 3 fully saturated rings. The Labute approximate surface area is 166 Å². The molecule has 0 spiro atoms. The summed E-state index contributed by atoms with van der Waals surface area (Å²) in [5.74, 6) is 0.867. The van der Waals surface area contributed by atoms with Crippen LogP contribution in [-0.4, -0.2) is 65.0 Å². The van der Waals surface area contributed by atoms with Crippen molar-refractivity contribution < 1.29 is 14.7 Å². The quantitative estimate of drug-likeness (QED) is 0.806. The standard InChI is InChI=1S/C20H27N3O3.ClH/c24-16-6-3-5-15(12-16)19(25)22-8-10-23(11-9-22)20(26)18-13-14-4-1-2-7-17(14)21-18;/h3,5-6,12,14,17-18,21,24H,1-2,4,7-11,13H2;1H. The Hall–Kier alpha value is -1.79. The molecule has 0 aromatic heterocycles. The number of nitrogens with one attached hydrogen (secondary N) is 1. The Morgan fingerprint density at radius 1 is 1.04 bits per heavy atom. The molecule has 6 nitrogen and oxygen atoms in total. The number of carbonyl (C=O) groups is 2. The van der Waals surface area contributed by atoms with Crippen molar-refractivity contribution in [3.8, 4) is 5.75 Å². The van der Waals surface area contributed by atoms with Gasteiger partial charge in [-0.1, -0.05) is 18.9 Å². The number of halogens is 1. The number of hydrogen-bond donors (Lipinski definition) is 2. The van der Waals surface area contributed by atoms with E-state index in [1.807, 2.05) is 4.90 Å². The lowest BCUT2D eigenvalue weighted by Crippen LogP contribution is -2.54. The highest BCUT2D eigenvalue weighted by Crippen LogP contribution is 2.33. The van der Waals surface area contributed by atoms with Gasteiger partial charge in [-0.05, 0) is 43.4 Å². The van der Waals surface area contributed by atoms with E-state index in [0.29, 0.717) is 43.7 Å². The first-order valence-electron chi connectivity index (χ1n) is 9.75. The number of amides is 2. The first kappa shape index (κ1) is 20.0. The molecule has 1 saturated carbocycles. The molecule has 3 unspecified atom stereocenters. The summed E-state index contributed by atoms with van der Waals surface area (Å²) < 4.78 is 0. The van der Waals surface area contributed by atoms with Gasteiger partial charge < -0.3 is 20.2 Å². The predicted octanol–water partition coefficient (Wildman–Crippen LogP) is 2.02. The van der Waals surface area contributed by atoms with Crippen LogP contribution in [0.15, 0.2) is 24.3 Å². The van der Waals surface area contributed by atoms with Crippen molar-refractivity contribution in [2.75, 3.05) is 26.2 Å². The van der Waals surface area contributed by atoms with Gasteiger partial charge in [0.05, 0.1) is 6.04 Å². The Bertz CT molecular complexity index is 677. The van der Waals surface area contributed by atoms with E-state index in [-0.39, 0.29) is 36.0 Å². The first-order chi connectivity index (χ1) is 12.6. The first-order valence-corrected chi connectivity index (χ1v) is 9.75. The number of nitrogens with zero attached hydrogens (tertiary/aromatic N) is 2. The minimum absolute atomic E-state index is 0. The fourth-order valence-electron chi connectivity index (χ4n) is 4.68. The second kappa shape index (κ2) is 8.48. The van der Waals surface area contributed by atoms with Gasteiger partial charge in [-0.3, -0.25) is 9.59 Å². The normalized spacial score (nSPS) is 27.6. The zero-order valence-corrected chi connectivity index (χ0v) is 16.3. The Kier molecular flexibility index (Phi) is 6.27. The maximum atomic E-state index is 12.9. The summed E-state index contributed by atoms with van der Waals surface area (Å²) in [6, 6.07) is 6.91. The fourth-order valence-corrected chi connectivity index (χ4v) is 4.68. The molecule has 0 bridgehead atoms. The maximum absolute atomic E-state index is 12.9. The Balaban J connectivity index is 0.00000210. The maximum Gasteiger partial charge on any atom is 0.254 e. The van der Waals surface area contributed by atoms with Crippen LogP contribution in [0, 0.1) is 5.92 Å². The molecule has 4 rings (SSSR count). The van der Waals surface area contributed by atoms with Gasteiger partial charge in [0.2, 0.25) is 5.91 Å². The molecular weight excluding hydrogens is 366 g/mol. The van der Waals surface area contributed by atoms with Gasteiger partial charge in [-0.25, -0.2) is 0 Å². The summed E-state index contributed by atoms with van der Waals surface area (Å²) in [5.41, 5.74) is 0.492. The molecule has 3 atom stereocenters. The number of phenolic OH excluding ortho intramolecular Hbond substituents is 1. The average Bonchev–Trinajstić information content (AvgIpc) is 3.11. The van der Waals surface area contributed by atoms with Crippen molar-refractivity contribution in [2.24, 2.45) is 5.92 Å². The van der Waals surface area contributed by atoms with Crippen molar-refractivity contribution in [1.82, 2.24) is 15.1 Å². The van der Waals surface area contributed by atoms with E-state index < -0.39 is 0 Å². The molecule has 3 aliphatic rings. The molecule has 27 heavy (non-hydrogen) atoms. The van der Waals surface area contributed by atoms with Crippen molar-refractivity contribution in [1.29, 1.82) is 0 Å². The highest BCUT2D eigenvalue weighted by molar-refractivity contribution is 5.94. The number of piperazine rings is 1. The Morgan fingerprint density at radius 2 is 1.74 bits per heavy atom. The summed E-state index contributed by atoms with van der Waals surface area (Å²) in [6.07, 6.45) is 5.96. The van der Waals surface area contributed by atoms with Gasteiger partial charge in [-0.15, -0.1) is 12.4 Å². The van der Waals surface area contributed by atoms with E-state index in [9.17, 15) is 14.7 Å². The Morgan fingerprint density at radius 3 is 2.44 bits per heavy atom. The highest BCUT2D eigenvalue weighted by Gasteiger charge is 2.40. The SMILES string of the molecule is Cl.O=C(c1cccc(O)c1)N1CCN(C(=O)C2CC3CCCCC3N2)CC1. The molecule has 2 heterocycles. The number of fused-ring (bicyclic) bond motifs is 1. The summed E-state index contributed by atoms with van der Waals surface area (Å²) in [5, 5.41) is 13.1. The van der Waals surface area contributed by atoms with Crippen molar-refractivity contribution >= 4 is 24.2 Å². The van der Waals surface area contributed by atoms with Gasteiger partial charge in [0.15, 0.2) is 0 Å². The number of rotatable bonds is 2. The molecule has 2 amide bonds. The summed E-state index contributed by atoms with van der Waals surface area (Å²) in [7, 11) is 0. The third kappa shape index (κ3) is 4.22.